The molecule has 0 spiro atoms. The highest BCUT2D eigenvalue weighted by Crippen LogP contribution is 1.59. The van der Waals surface area contributed by atoms with Gasteiger partial charge in [0.1, 0.15) is 0 Å². The van der Waals surface area contributed by atoms with Crippen LogP contribution in [0.4, 0.5) is 0 Å². The average Bonchev–Trinajstić information content (AvgIpc) is 0.722. The predicted molar refractivity (Wildman–Crippen MR) is 35.5 cm³/mol. The van der Waals surface area contributed by atoms with Gasteiger partial charge in [0, 0.05) is 0 Å². The Hall–Kier alpha value is 0.619. The van der Waals surface area contributed by atoms with E-state index in [2.05, 4.69) is 0 Å². The maximum absolute atomic E-state index is 8.74. The third-order valence-electron chi connectivity index (χ3n) is 0. The van der Waals surface area contributed by atoms with E-state index in [-0.39, 0.29) is 28.3 Å². The first-order valence-corrected chi connectivity index (χ1v) is 2.10. The summed E-state index contributed by atoms with van der Waals surface area (Å²) in [5.41, 5.74) is 0. The van der Waals surface area contributed by atoms with Crippen LogP contribution in [0, 0.1) is 0 Å². The fourth-order valence-electron chi connectivity index (χ4n) is 0. The lowest BCUT2D eigenvalue weighted by molar-refractivity contribution is 0.381. The molecule has 0 aromatic rings. The molecule has 7 heteroatoms. The van der Waals surface area contributed by atoms with Gasteiger partial charge in [-0.05, 0) is 11.0 Å². The summed E-state index contributed by atoms with van der Waals surface area (Å²) in [6.45, 7) is 0. The predicted octanol–water partition coefficient (Wildman–Crippen LogP) is -3.29. The number of rotatable bonds is 0. The van der Waals surface area contributed by atoms with Gasteiger partial charge in [-0.1, -0.05) is 0 Å². The molecule has 0 aromatic carbocycles. The van der Waals surface area contributed by atoms with Crippen LogP contribution in [0.2, 0.25) is 0 Å². The van der Waals surface area contributed by atoms with Gasteiger partial charge in [0.05, 0.1) is 0 Å². The van der Waals surface area contributed by atoms with Crippen molar-refractivity contribution in [1.82, 2.24) is 0 Å². The molecule has 0 heterocycles. The maximum Gasteiger partial charge on any atom is 0.394 e. The zero-order valence-electron chi connectivity index (χ0n) is 2.12. The van der Waals surface area contributed by atoms with Gasteiger partial charge in [0.15, 0.2) is 17.4 Å². The number of hydrogen-bond donors (Lipinski definition) is 2. The standard InChI is InChI=1S/Al.H2O4S.H4Si.3H/c;1-5(2,3)4;;;;/h;(H2,1,2,3,4);1H4;;;. The summed E-state index contributed by atoms with van der Waals surface area (Å²) in [6.07, 6.45) is 0. The van der Waals surface area contributed by atoms with E-state index in [9.17, 15) is 0 Å². The molecule has 4 nitrogen and oxygen atoms in total. The molecular formula is H9AlO4SSi. The van der Waals surface area contributed by atoms with Crippen molar-refractivity contribution in [2.75, 3.05) is 0 Å². The molecule has 0 aliphatic carbocycles. The van der Waals surface area contributed by atoms with Crippen LogP contribution in [0.5, 0.6) is 0 Å². The summed E-state index contributed by atoms with van der Waals surface area (Å²) in [6, 6.07) is 0. The lowest BCUT2D eigenvalue weighted by Gasteiger charge is -1.68. The summed E-state index contributed by atoms with van der Waals surface area (Å²) in [5, 5.41) is 0. The van der Waals surface area contributed by atoms with E-state index in [0.717, 1.165) is 0 Å². The first-order chi connectivity index (χ1) is 2.00. The molecule has 46 valence electrons. The van der Waals surface area contributed by atoms with Crippen LogP contribution < -0.4 is 0 Å². The van der Waals surface area contributed by atoms with E-state index < -0.39 is 10.4 Å². The topological polar surface area (TPSA) is 74.6 Å². The first kappa shape index (κ1) is 15.6. The van der Waals surface area contributed by atoms with Gasteiger partial charge in [-0.15, -0.1) is 0 Å². The van der Waals surface area contributed by atoms with Gasteiger partial charge >= 0.3 is 10.4 Å². The molecule has 0 radical (unpaired) electrons. The quantitative estimate of drug-likeness (QED) is 0.288. The van der Waals surface area contributed by atoms with Crippen molar-refractivity contribution in [3.8, 4) is 0 Å². The Bertz CT molecular complexity index is 94.9. The maximum atomic E-state index is 8.74. The lowest BCUT2D eigenvalue weighted by Crippen LogP contribution is -1.89. The molecule has 7 heavy (non-hydrogen) atoms. The molecular weight excluding hydrogens is 151 g/mol. The molecule has 0 amide bonds. The van der Waals surface area contributed by atoms with Crippen LogP contribution in [0.15, 0.2) is 0 Å². The van der Waals surface area contributed by atoms with E-state index in [1.54, 1.807) is 0 Å². The van der Waals surface area contributed by atoms with Crippen LogP contribution in [0.25, 0.3) is 0 Å². The Kier molecular flexibility index (Phi) is 10.7. The molecule has 0 saturated heterocycles. The molecule has 0 aliphatic rings. The third kappa shape index (κ3) is 368. The highest BCUT2D eigenvalue weighted by Gasteiger charge is 1.84. The Morgan fingerprint density at radius 2 is 1.14 bits per heavy atom. The third-order valence-corrected chi connectivity index (χ3v) is 0. The first-order valence-electron chi connectivity index (χ1n) is 0.698. The van der Waals surface area contributed by atoms with E-state index >= 15 is 0 Å². The van der Waals surface area contributed by atoms with E-state index in [4.69, 9.17) is 17.5 Å². The SMILES string of the molecule is O=S(=O)(O)O.[AlH3].[SiH4]. The Morgan fingerprint density at radius 1 is 1.14 bits per heavy atom. The van der Waals surface area contributed by atoms with Crippen molar-refractivity contribution in [2.45, 2.75) is 0 Å². The zero-order valence-corrected chi connectivity index (χ0v) is 2.94. The van der Waals surface area contributed by atoms with E-state index in [1.165, 1.54) is 0 Å². The van der Waals surface area contributed by atoms with Gasteiger partial charge in [-0.25, -0.2) is 0 Å². The van der Waals surface area contributed by atoms with E-state index in [1.807, 2.05) is 0 Å². The minimum Gasteiger partial charge on any atom is -0.264 e. The van der Waals surface area contributed by atoms with Gasteiger partial charge in [0.2, 0.25) is 0 Å². The van der Waals surface area contributed by atoms with E-state index in [0.29, 0.717) is 0 Å². The smallest absolute Gasteiger partial charge is 0.264 e. The normalized spacial score (nSPS) is 8.29. The summed E-state index contributed by atoms with van der Waals surface area (Å²) in [5.74, 6) is 0. The van der Waals surface area contributed by atoms with Crippen LogP contribution >= 0.6 is 0 Å². The van der Waals surface area contributed by atoms with Crippen LogP contribution in [0.3, 0.4) is 0 Å². The van der Waals surface area contributed by atoms with Crippen molar-refractivity contribution >= 4 is 38.7 Å². The minimum absolute atomic E-state index is 0. The highest BCUT2D eigenvalue weighted by molar-refractivity contribution is 7.79. The fourth-order valence-corrected chi connectivity index (χ4v) is 0. The summed E-state index contributed by atoms with van der Waals surface area (Å²) < 4.78 is 31.6. The monoisotopic (exact) mass is 160 g/mol. The number of hydrogen-bond acceptors (Lipinski definition) is 2. The molecule has 0 bridgehead atoms. The second kappa shape index (κ2) is 4.77. The summed E-state index contributed by atoms with van der Waals surface area (Å²) in [7, 11) is -4.67. The molecule has 0 unspecified atom stereocenters. The Morgan fingerprint density at radius 3 is 1.14 bits per heavy atom. The second-order valence-corrected chi connectivity index (χ2v) is 1.34. The van der Waals surface area contributed by atoms with Crippen molar-refractivity contribution < 1.29 is 17.5 Å². The Balaban J connectivity index is -0.0000000800. The van der Waals surface area contributed by atoms with Gasteiger partial charge in [-0.3, -0.25) is 9.11 Å². The van der Waals surface area contributed by atoms with Gasteiger partial charge < -0.3 is 0 Å². The van der Waals surface area contributed by atoms with Crippen LogP contribution in [0.1, 0.15) is 0 Å². The minimum atomic E-state index is -4.67. The van der Waals surface area contributed by atoms with Crippen molar-refractivity contribution in [1.29, 1.82) is 0 Å². The molecule has 0 rings (SSSR count). The van der Waals surface area contributed by atoms with Gasteiger partial charge in [-0.2, -0.15) is 8.42 Å². The zero-order chi connectivity index (χ0) is 4.50. The lowest BCUT2D eigenvalue weighted by atomic mass is 15.8. The summed E-state index contributed by atoms with van der Waals surface area (Å²) >= 11 is 0. The van der Waals surface area contributed by atoms with Crippen LogP contribution in [-0.4, -0.2) is 45.8 Å². The molecule has 0 aromatic heterocycles. The molecule has 0 atom stereocenters. The van der Waals surface area contributed by atoms with Crippen molar-refractivity contribution in [2.24, 2.45) is 0 Å². The van der Waals surface area contributed by atoms with Crippen molar-refractivity contribution in [3.63, 3.8) is 0 Å². The average molecular weight is 160 g/mol. The fraction of sp³-hybridized carbons (Fsp3) is 0. The largest absolute Gasteiger partial charge is 0.394 e. The summed E-state index contributed by atoms with van der Waals surface area (Å²) in [4.78, 5) is 0. The molecule has 0 fully saturated rings. The van der Waals surface area contributed by atoms with Crippen LogP contribution in [-0.2, 0) is 10.4 Å². The van der Waals surface area contributed by atoms with Gasteiger partial charge in [0.25, 0.3) is 0 Å². The molecule has 0 saturated carbocycles. The molecule has 2 N–H and O–H groups in total. The second-order valence-electron chi connectivity index (χ2n) is 0.448. The van der Waals surface area contributed by atoms with Crippen molar-refractivity contribution in [3.05, 3.63) is 0 Å². The highest BCUT2D eigenvalue weighted by atomic mass is 32.3. The molecule has 0 aliphatic heterocycles. The Labute approximate surface area is 56.7 Å².